The summed E-state index contributed by atoms with van der Waals surface area (Å²) in [6.45, 7) is 3.18. The van der Waals surface area contributed by atoms with E-state index in [0.717, 1.165) is 25.3 Å². The molecule has 0 radical (unpaired) electrons. The van der Waals surface area contributed by atoms with Crippen LogP contribution in [0.4, 0.5) is 5.69 Å². The molecule has 0 saturated carbocycles. The number of imidazole rings is 1. The normalized spacial score (nSPS) is 17.5. The lowest BCUT2D eigenvalue weighted by molar-refractivity contribution is 0.0600. The van der Waals surface area contributed by atoms with Crippen LogP contribution >= 0.6 is 0 Å². The molecule has 1 saturated heterocycles. The zero-order valence-corrected chi connectivity index (χ0v) is 13.7. The van der Waals surface area contributed by atoms with Gasteiger partial charge in [-0.25, -0.2) is 9.78 Å². The van der Waals surface area contributed by atoms with Crippen LogP contribution in [0.25, 0.3) is 5.69 Å². The molecule has 1 fully saturated rings. The molecular weight excluding hydrogens is 310 g/mol. The predicted octanol–water partition coefficient (Wildman–Crippen LogP) is 3.26. The van der Waals surface area contributed by atoms with Gasteiger partial charge in [0.05, 0.1) is 25.0 Å². The molecule has 0 amide bonds. The second kappa shape index (κ2) is 6.92. The summed E-state index contributed by atoms with van der Waals surface area (Å²) in [5.74, 6) is 0.522. The fraction of sp³-hybridized carbons (Fsp3) is 0.412. The van der Waals surface area contributed by atoms with Crippen molar-refractivity contribution in [2.45, 2.75) is 25.7 Å². The summed E-state index contributed by atoms with van der Waals surface area (Å²) in [4.78, 5) is 27.6. The van der Waals surface area contributed by atoms with E-state index in [4.69, 9.17) is 9.47 Å². The van der Waals surface area contributed by atoms with Gasteiger partial charge in [0.25, 0.3) is 0 Å². The van der Waals surface area contributed by atoms with Crippen LogP contribution in [0.2, 0.25) is 0 Å². The van der Waals surface area contributed by atoms with Crippen molar-refractivity contribution >= 4 is 11.7 Å². The number of benzene rings is 1. The van der Waals surface area contributed by atoms with Crippen LogP contribution in [0.15, 0.2) is 29.7 Å². The van der Waals surface area contributed by atoms with Gasteiger partial charge in [-0.3, -0.25) is 0 Å². The van der Waals surface area contributed by atoms with Crippen molar-refractivity contribution in [1.29, 1.82) is 0 Å². The largest absolute Gasteiger partial charge is 0.465 e. The van der Waals surface area contributed by atoms with E-state index in [-0.39, 0.29) is 11.6 Å². The number of carbonyl (C=O) groups excluding carboxylic acids is 1. The van der Waals surface area contributed by atoms with Gasteiger partial charge in [0, 0.05) is 24.9 Å². The summed E-state index contributed by atoms with van der Waals surface area (Å²) in [6, 6.07) is 3.22. The number of esters is 1. The average molecular weight is 329 g/mol. The second-order valence-electron chi connectivity index (χ2n) is 5.81. The number of nitroso groups, excluding NO2 is 1. The molecule has 3 rings (SSSR count). The number of carbonyl (C=O) groups is 1. The van der Waals surface area contributed by atoms with Gasteiger partial charge in [-0.15, -0.1) is 4.91 Å². The van der Waals surface area contributed by atoms with Crippen LogP contribution in [-0.4, -0.2) is 35.8 Å². The van der Waals surface area contributed by atoms with Crippen LogP contribution in [0.3, 0.4) is 0 Å². The fourth-order valence-corrected chi connectivity index (χ4v) is 3.04. The molecule has 2 heterocycles. The topological polar surface area (TPSA) is 82.8 Å². The van der Waals surface area contributed by atoms with Crippen molar-refractivity contribution in [1.82, 2.24) is 9.55 Å². The van der Waals surface area contributed by atoms with Gasteiger partial charge in [0.1, 0.15) is 11.5 Å². The van der Waals surface area contributed by atoms with E-state index in [9.17, 15) is 9.70 Å². The second-order valence-corrected chi connectivity index (χ2v) is 5.81. The quantitative estimate of drug-likeness (QED) is 0.635. The van der Waals surface area contributed by atoms with Gasteiger partial charge in [0.15, 0.2) is 0 Å². The van der Waals surface area contributed by atoms with Crippen molar-refractivity contribution in [2.24, 2.45) is 5.18 Å². The van der Waals surface area contributed by atoms with E-state index in [1.165, 1.54) is 13.2 Å². The molecule has 1 aliphatic heterocycles. The molecule has 1 aromatic heterocycles. The number of methoxy groups -OCH3 is 1. The summed E-state index contributed by atoms with van der Waals surface area (Å²) >= 11 is 0. The first-order chi connectivity index (χ1) is 11.7. The molecule has 0 aliphatic carbocycles. The first-order valence-corrected chi connectivity index (χ1v) is 7.83. The zero-order chi connectivity index (χ0) is 17.1. The van der Waals surface area contributed by atoms with E-state index < -0.39 is 5.97 Å². The van der Waals surface area contributed by atoms with Crippen LogP contribution in [0.1, 0.15) is 40.5 Å². The Labute approximate surface area is 139 Å². The lowest BCUT2D eigenvalue weighted by Crippen LogP contribution is -2.19. The Morgan fingerprint density at radius 3 is 2.96 bits per heavy atom. The third-order valence-corrected chi connectivity index (χ3v) is 4.28. The molecule has 1 atom stereocenters. The molecule has 1 aliphatic rings. The minimum Gasteiger partial charge on any atom is -0.465 e. The van der Waals surface area contributed by atoms with E-state index in [0.29, 0.717) is 23.4 Å². The number of nitrogens with zero attached hydrogens (tertiary/aromatic N) is 3. The maximum Gasteiger partial charge on any atom is 0.338 e. The molecule has 7 nitrogen and oxygen atoms in total. The molecule has 24 heavy (non-hydrogen) atoms. The maximum absolute atomic E-state index is 11.8. The third-order valence-electron chi connectivity index (χ3n) is 4.28. The summed E-state index contributed by atoms with van der Waals surface area (Å²) in [5.41, 5.74) is 1.83. The number of hydrogen-bond donors (Lipinski definition) is 0. The van der Waals surface area contributed by atoms with Crippen molar-refractivity contribution < 1.29 is 14.3 Å². The van der Waals surface area contributed by atoms with Crippen LogP contribution < -0.4 is 0 Å². The van der Waals surface area contributed by atoms with Crippen LogP contribution in [0, 0.1) is 11.8 Å². The van der Waals surface area contributed by atoms with Crippen LogP contribution in [-0.2, 0) is 9.47 Å². The Bertz CT molecular complexity index is 763. The average Bonchev–Trinajstić information content (AvgIpc) is 3.11. The van der Waals surface area contributed by atoms with Gasteiger partial charge in [-0.05, 0) is 42.6 Å². The lowest BCUT2D eigenvalue weighted by Gasteiger charge is -2.23. The first-order valence-electron chi connectivity index (χ1n) is 7.83. The molecule has 1 aromatic carbocycles. The van der Waals surface area contributed by atoms with Gasteiger partial charge in [-0.2, -0.15) is 0 Å². The molecule has 0 bridgehead atoms. The highest BCUT2D eigenvalue weighted by Gasteiger charge is 2.23. The Morgan fingerprint density at radius 1 is 1.46 bits per heavy atom. The van der Waals surface area contributed by atoms with E-state index in [1.54, 1.807) is 25.4 Å². The van der Waals surface area contributed by atoms with Gasteiger partial charge in [-0.1, -0.05) is 0 Å². The summed E-state index contributed by atoms with van der Waals surface area (Å²) in [5, 5.41) is 3.09. The molecule has 7 heteroatoms. The lowest BCUT2D eigenvalue weighted by atomic mass is 10.0. The van der Waals surface area contributed by atoms with Gasteiger partial charge < -0.3 is 14.0 Å². The molecule has 0 spiro atoms. The standard InChI is InChI=1S/C17H19N3O4/c1-11-8-15(14(19-22)9-13(11)17(21)23-2)20-6-5-18-16(20)12-4-3-7-24-10-12/h5-6,8-9,12H,3-4,7,10H2,1-2H3. The number of aryl methyl sites for hydroxylation is 1. The highest BCUT2D eigenvalue weighted by atomic mass is 16.5. The number of hydrogen-bond acceptors (Lipinski definition) is 6. The summed E-state index contributed by atoms with van der Waals surface area (Å²) in [6.07, 6.45) is 5.46. The van der Waals surface area contributed by atoms with Crippen molar-refractivity contribution in [2.75, 3.05) is 20.3 Å². The van der Waals surface area contributed by atoms with Gasteiger partial charge >= 0.3 is 5.97 Å². The third kappa shape index (κ3) is 2.94. The van der Waals surface area contributed by atoms with Gasteiger partial charge in [0.2, 0.25) is 0 Å². The molecule has 2 aromatic rings. The number of ether oxygens (including phenoxy) is 2. The SMILES string of the molecule is COC(=O)c1cc(N=O)c(-n2ccnc2C2CCCOC2)cc1C. The fourth-order valence-electron chi connectivity index (χ4n) is 3.04. The monoisotopic (exact) mass is 329 g/mol. The Hall–Kier alpha value is -2.54. The highest BCUT2D eigenvalue weighted by molar-refractivity contribution is 5.92. The highest BCUT2D eigenvalue weighted by Crippen LogP contribution is 2.32. The molecule has 1 unspecified atom stereocenters. The van der Waals surface area contributed by atoms with Crippen molar-refractivity contribution in [3.05, 3.63) is 46.4 Å². The van der Waals surface area contributed by atoms with E-state index in [1.807, 2.05) is 4.57 Å². The Morgan fingerprint density at radius 2 is 2.29 bits per heavy atom. The van der Waals surface area contributed by atoms with E-state index in [2.05, 4.69) is 10.2 Å². The summed E-state index contributed by atoms with van der Waals surface area (Å²) < 4.78 is 12.1. The summed E-state index contributed by atoms with van der Waals surface area (Å²) in [7, 11) is 1.31. The van der Waals surface area contributed by atoms with E-state index >= 15 is 0 Å². The molecule has 126 valence electrons. The molecule has 0 N–H and O–H groups in total. The number of aromatic nitrogens is 2. The number of rotatable bonds is 4. The first kappa shape index (κ1) is 16.3. The van der Waals surface area contributed by atoms with Crippen LogP contribution in [0.5, 0.6) is 0 Å². The van der Waals surface area contributed by atoms with Crippen molar-refractivity contribution in [3.8, 4) is 5.69 Å². The molecular formula is C17H19N3O4. The smallest absolute Gasteiger partial charge is 0.338 e. The maximum atomic E-state index is 11.8. The Balaban J connectivity index is 2.07. The minimum atomic E-state index is -0.490. The van der Waals surface area contributed by atoms with Crippen molar-refractivity contribution in [3.63, 3.8) is 0 Å². The predicted molar refractivity (Wildman–Crippen MR) is 87.9 cm³/mol. The zero-order valence-electron chi connectivity index (χ0n) is 13.7. The minimum absolute atomic E-state index is 0.175. The Kier molecular flexibility index (Phi) is 4.71.